The third-order valence-electron chi connectivity index (χ3n) is 3.48. The van der Waals surface area contributed by atoms with E-state index in [0.29, 0.717) is 6.42 Å². The van der Waals surface area contributed by atoms with Gasteiger partial charge in [-0.1, -0.05) is 24.8 Å². The van der Waals surface area contributed by atoms with E-state index in [1.165, 1.54) is 0 Å². The molecule has 0 unspecified atom stereocenters. The van der Waals surface area contributed by atoms with Crippen molar-refractivity contribution >= 4 is 12.0 Å². The number of ether oxygens (including phenoxy) is 2. The zero-order chi connectivity index (χ0) is 14.4. The summed E-state index contributed by atoms with van der Waals surface area (Å²) < 4.78 is 10.6. The summed E-state index contributed by atoms with van der Waals surface area (Å²) in [5.74, 6) is 0.756. The van der Waals surface area contributed by atoms with Crippen LogP contribution in [0, 0.1) is 0 Å². The van der Waals surface area contributed by atoms with E-state index in [0.717, 1.165) is 42.9 Å². The van der Waals surface area contributed by atoms with Gasteiger partial charge in [-0.3, -0.25) is 4.79 Å². The molecule has 4 heteroatoms. The molecule has 1 N–H and O–H groups in total. The summed E-state index contributed by atoms with van der Waals surface area (Å²) in [6.45, 7) is 5.18. The standard InChI is InChI=1S/C16H21NO3/c1-3-12-4-5-13(15(10-12)19-2)11-16(18)17-14-6-8-20-9-7-14/h3-5,10,14H,1,6-9,11H2,2H3,(H,17,18). The fourth-order valence-corrected chi connectivity index (χ4v) is 2.33. The summed E-state index contributed by atoms with van der Waals surface area (Å²) in [5.41, 5.74) is 1.87. The molecule has 1 saturated heterocycles. The fourth-order valence-electron chi connectivity index (χ4n) is 2.33. The van der Waals surface area contributed by atoms with E-state index in [1.54, 1.807) is 13.2 Å². The predicted molar refractivity (Wildman–Crippen MR) is 78.8 cm³/mol. The molecule has 0 spiro atoms. The van der Waals surface area contributed by atoms with Gasteiger partial charge < -0.3 is 14.8 Å². The van der Waals surface area contributed by atoms with E-state index in [9.17, 15) is 4.79 Å². The van der Waals surface area contributed by atoms with E-state index in [1.807, 2.05) is 18.2 Å². The van der Waals surface area contributed by atoms with Crippen molar-refractivity contribution in [2.45, 2.75) is 25.3 Å². The van der Waals surface area contributed by atoms with Crippen molar-refractivity contribution < 1.29 is 14.3 Å². The quantitative estimate of drug-likeness (QED) is 0.896. The van der Waals surface area contributed by atoms with E-state index in [2.05, 4.69) is 11.9 Å². The molecule has 1 aromatic carbocycles. The van der Waals surface area contributed by atoms with E-state index >= 15 is 0 Å². The van der Waals surface area contributed by atoms with Crippen LogP contribution in [0.25, 0.3) is 6.08 Å². The van der Waals surface area contributed by atoms with Crippen molar-refractivity contribution in [1.29, 1.82) is 0 Å². The second-order valence-electron chi connectivity index (χ2n) is 4.91. The minimum atomic E-state index is 0.0292. The smallest absolute Gasteiger partial charge is 0.224 e. The van der Waals surface area contributed by atoms with Crippen molar-refractivity contribution in [3.63, 3.8) is 0 Å². The Hall–Kier alpha value is -1.81. The molecule has 1 aliphatic heterocycles. The van der Waals surface area contributed by atoms with Gasteiger partial charge in [0.25, 0.3) is 0 Å². The number of carbonyl (C=O) groups excluding carboxylic acids is 1. The van der Waals surface area contributed by atoms with Crippen molar-refractivity contribution in [2.75, 3.05) is 20.3 Å². The molecule has 0 radical (unpaired) electrons. The highest BCUT2D eigenvalue weighted by Crippen LogP contribution is 2.21. The molecule has 1 heterocycles. The van der Waals surface area contributed by atoms with Crippen LogP contribution in [0.5, 0.6) is 5.75 Å². The molecule has 0 saturated carbocycles. The molecule has 1 fully saturated rings. The van der Waals surface area contributed by atoms with Crippen LogP contribution in [0.4, 0.5) is 0 Å². The highest BCUT2D eigenvalue weighted by molar-refractivity contribution is 5.79. The molecule has 1 aliphatic rings. The molecule has 0 aromatic heterocycles. The van der Waals surface area contributed by atoms with Crippen LogP contribution in [-0.2, 0) is 16.0 Å². The molecular formula is C16H21NO3. The largest absolute Gasteiger partial charge is 0.496 e. The van der Waals surface area contributed by atoms with Gasteiger partial charge in [0.15, 0.2) is 0 Å². The third-order valence-corrected chi connectivity index (χ3v) is 3.48. The number of benzene rings is 1. The number of hydrogen-bond donors (Lipinski definition) is 1. The molecule has 2 rings (SSSR count). The van der Waals surface area contributed by atoms with Gasteiger partial charge in [-0.05, 0) is 24.5 Å². The van der Waals surface area contributed by atoms with Gasteiger partial charge in [0.05, 0.1) is 13.5 Å². The summed E-state index contributed by atoms with van der Waals surface area (Å²) in [5, 5.41) is 3.05. The van der Waals surface area contributed by atoms with Crippen molar-refractivity contribution in [3.8, 4) is 5.75 Å². The Morgan fingerprint density at radius 3 is 2.90 bits per heavy atom. The van der Waals surface area contributed by atoms with Crippen molar-refractivity contribution in [3.05, 3.63) is 35.9 Å². The van der Waals surface area contributed by atoms with Crippen LogP contribution in [0.15, 0.2) is 24.8 Å². The molecule has 4 nitrogen and oxygen atoms in total. The van der Waals surface area contributed by atoms with Gasteiger partial charge in [-0.15, -0.1) is 0 Å². The average Bonchev–Trinajstić information content (AvgIpc) is 2.48. The summed E-state index contributed by atoms with van der Waals surface area (Å²) in [6, 6.07) is 5.98. The van der Waals surface area contributed by atoms with Crippen molar-refractivity contribution in [2.24, 2.45) is 0 Å². The first-order valence-electron chi connectivity index (χ1n) is 6.89. The number of nitrogens with one attached hydrogen (secondary N) is 1. The molecule has 1 amide bonds. The van der Waals surface area contributed by atoms with E-state index < -0.39 is 0 Å². The van der Waals surface area contributed by atoms with Crippen molar-refractivity contribution in [1.82, 2.24) is 5.32 Å². The molecule has 0 aliphatic carbocycles. The van der Waals surface area contributed by atoms with Crippen LogP contribution in [-0.4, -0.2) is 32.3 Å². The topological polar surface area (TPSA) is 47.6 Å². The lowest BCUT2D eigenvalue weighted by Gasteiger charge is -2.23. The molecular weight excluding hydrogens is 254 g/mol. The van der Waals surface area contributed by atoms with Crippen LogP contribution in [0.2, 0.25) is 0 Å². The number of methoxy groups -OCH3 is 1. The lowest BCUT2D eigenvalue weighted by atomic mass is 10.1. The summed E-state index contributed by atoms with van der Waals surface area (Å²) in [6.07, 6.45) is 3.86. The SMILES string of the molecule is C=Cc1ccc(CC(=O)NC2CCOCC2)c(OC)c1. The molecule has 0 atom stereocenters. The zero-order valence-electron chi connectivity index (χ0n) is 11.9. The first-order valence-corrected chi connectivity index (χ1v) is 6.89. The van der Waals surface area contributed by atoms with Crippen LogP contribution >= 0.6 is 0 Å². The maximum absolute atomic E-state index is 12.1. The first kappa shape index (κ1) is 14.6. The van der Waals surface area contributed by atoms with Gasteiger partial charge in [-0.2, -0.15) is 0 Å². The highest BCUT2D eigenvalue weighted by Gasteiger charge is 2.17. The predicted octanol–water partition coefficient (Wildman–Crippen LogP) is 2.18. The summed E-state index contributed by atoms with van der Waals surface area (Å²) in [7, 11) is 1.61. The van der Waals surface area contributed by atoms with E-state index in [4.69, 9.17) is 9.47 Å². The normalized spacial score (nSPS) is 15.7. The molecule has 20 heavy (non-hydrogen) atoms. The number of amides is 1. The highest BCUT2D eigenvalue weighted by atomic mass is 16.5. The molecule has 108 valence electrons. The Morgan fingerprint density at radius 1 is 1.50 bits per heavy atom. The lowest BCUT2D eigenvalue weighted by Crippen LogP contribution is -2.39. The van der Waals surface area contributed by atoms with E-state index in [-0.39, 0.29) is 11.9 Å². The number of carbonyl (C=O) groups is 1. The fraction of sp³-hybridized carbons (Fsp3) is 0.438. The Morgan fingerprint density at radius 2 is 2.25 bits per heavy atom. The van der Waals surface area contributed by atoms with Gasteiger partial charge in [0.1, 0.15) is 5.75 Å². The Balaban J connectivity index is 1.97. The van der Waals surface area contributed by atoms with Gasteiger partial charge in [0, 0.05) is 24.8 Å². The lowest BCUT2D eigenvalue weighted by molar-refractivity contribution is -0.121. The minimum absolute atomic E-state index is 0.0292. The second kappa shape index (κ2) is 7.10. The summed E-state index contributed by atoms with van der Waals surface area (Å²) in [4.78, 5) is 12.1. The van der Waals surface area contributed by atoms with Gasteiger partial charge >= 0.3 is 0 Å². The summed E-state index contributed by atoms with van der Waals surface area (Å²) >= 11 is 0. The van der Waals surface area contributed by atoms with Gasteiger partial charge in [0.2, 0.25) is 5.91 Å². The maximum Gasteiger partial charge on any atom is 0.224 e. The Bertz CT molecular complexity index is 479. The zero-order valence-corrected chi connectivity index (χ0v) is 11.9. The van der Waals surface area contributed by atoms with Crippen LogP contribution in [0.3, 0.4) is 0 Å². The number of hydrogen-bond acceptors (Lipinski definition) is 3. The van der Waals surface area contributed by atoms with Gasteiger partial charge in [-0.25, -0.2) is 0 Å². The monoisotopic (exact) mass is 275 g/mol. The first-order chi connectivity index (χ1) is 9.72. The maximum atomic E-state index is 12.1. The second-order valence-corrected chi connectivity index (χ2v) is 4.91. The molecule has 1 aromatic rings. The Kier molecular flexibility index (Phi) is 5.18. The third kappa shape index (κ3) is 3.84. The van der Waals surface area contributed by atoms with Crippen LogP contribution < -0.4 is 10.1 Å². The van der Waals surface area contributed by atoms with Crippen LogP contribution in [0.1, 0.15) is 24.0 Å². The Labute approximate surface area is 119 Å². The minimum Gasteiger partial charge on any atom is -0.496 e. The molecule has 0 bridgehead atoms. The average molecular weight is 275 g/mol. The number of rotatable bonds is 5.